The van der Waals surface area contributed by atoms with Crippen LogP contribution in [0.25, 0.3) is 0 Å². The highest BCUT2D eigenvalue weighted by atomic mass is 16.5. The first-order valence-electron chi connectivity index (χ1n) is 9.23. The van der Waals surface area contributed by atoms with E-state index < -0.39 is 0 Å². The van der Waals surface area contributed by atoms with Crippen LogP contribution in [-0.4, -0.2) is 52.5 Å². The van der Waals surface area contributed by atoms with Gasteiger partial charge in [-0.1, -0.05) is 26.0 Å². The summed E-state index contributed by atoms with van der Waals surface area (Å²) in [7, 11) is 0. The fourth-order valence-corrected chi connectivity index (χ4v) is 3.25. The molecule has 0 N–H and O–H groups in total. The Labute approximate surface area is 150 Å². The largest absolute Gasteiger partial charge is 0.492 e. The fourth-order valence-electron chi connectivity index (χ4n) is 3.25. The number of nitrogens with zero attached hydrogens (tertiary/aromatic N) is 5. The molecule has 0 atom stereocenters. The Bertz CT molecular complexity index is 661. The highest BCUT2D eigenvalue weighted by molar-refractivity contribution is 5.58. The van der Waals surface area contributed by atoms with E-state index in [2.05, 4.69) is 51.9 Å². The van der Waals surface area contributed by atoms with Crippen LogP contribution in [0.1, 0.15) is 26.6 Å². The summed E-state index contributed by atoms with van der Waals surface area (Å²) in [5.74, 6) is 2.62. The number of piperazine rings is 1. The smallest absolute Gasteiger partial charge is 0.142 e. The minimum atomic E-state index is 0.576. The quantitative estimate of drug-likeness (QED) is 0.773. The second-order valence-electron chi connectivity index (χ2n) is 6.92. The molecule has 2 aromatic rings. The summed E-state index contributed by atoms with van der Waals surface area (Å²) in [6.45, 7) is 13.0. The van der Waals surface area contributed by atoms with E-state index in [-0.39, 0.29) is 0 Å². The Morgan fingerprint density at radius 3 is 2.60 bits per heavy atom. The lowest BCUT2D eigenvalue weighted by molar-refractivity contribution is 0.236. The van der Waals surface area contributed by atoms with Crippen molar-refractivity contribution in [1.29, 1.82) is 0 Å². The Morgan fingerprint density at radius 1 is 1.12 bits per heavy atom. The highest BCUT2D eigenvalue weighted by Crippen LogP contribution is 2.28. The minimum Gasteiger partial charge on any atom is -0.492 e. The van der Waals surface area contributed by atoms with Crippen molar-refractivity contribution in [3.63, 3.8) is 0 Å². The van der Waals surface area contributed by atoms with Crippen LogP contribution in [0.2, 0.25) is 0 Å². The molecule has 0 spiro atoms. The first-order valence-corrected chi connectivity index (χ1v) is 9.23. The third-order valence-electron chi connectivity index (χ3n) is 4.48. The first-order chi connectivity index (χ1) is 12.2. The van der Waals surface area contributed by atoms with E-state index >= 15 is 0 Å². The second kappa shape index (κ2) is 8.34. The molecule has 0 saturated carbocycles. The van der Waals surface area contributed by atoms with E-state index in [1.807, 2.05) is 17.7 Å². The molecular formula is C19H29N5O. The van der Waals surface area contributed by atoms with Gasteiger partial charge in [-0.2, -0.15) is 5.10 Å². The van der Waals surface area contributed by atoms with Gasteiger partial charge in [0, 0.05) is 32.7 Å². The molecule has 1 saturated heterocycles. The van der Waals surface area contributed by atoms with Crippen molar-refractivity contribution in [2.24, 2.45) is 5.92 Å². The predicted molar refractivity (Wildman–Crippen MR) is 100.0 cm³/mol. The van der Waals surface area contributed by atoms with Crippen molar-refractivity contribution in [2.75, 3.05) is 37.7 Å². The van der Waals surface area contributed by atoms with Crippen LogP contribution in [0.4, 0.5) is 5.69 Å². The van der Waals surface area contributed by atoms with E-state index in [1.165, 1.54) is 5.69 Å². The van der Waals surface area contributed by atoms with Crippen LogP contribution in [0, 0.1) is 5.92 Å². The lowest BCUT2D eigenvalue weighted by Gasteiger charge is -2.36. The number of anilines is 1. The van der Waals surface area contributed by atoms with Crippen LogP contribution in [0.5, 0.6) is 5.75 Å². The molecule has 6 heteroatoms. The molecule has 0 unspecified atom stereocenters. The molecule has 1 aliphatic rings. The summed E-state index contributed by atoms with van der Waals surface area (Å²) in [5.41, 5.74) is 1.20. The van der Waals surface area contributed by atoms with Gasteiger partial charge in [0.25, 0.3) is 0 Å². The molecule has 2 heterocycles. The Morgan fingerprint density at radius 2 is 1.88 bits per heavy atom. The Kier molecular flexibility index (Phi) is 5.91. The Balaban J connectivity index is 1.58. The van der Waals surface area contributed by atoms with Gasteiger partial charge < -0.3 is 9.64 Å². The molecule has 0 amide bonds. The van der Waals surface area contributed by atoms with Gasteiger partial charge in [-0.15, -0.1) is 0 Å². The van der Waals surface area contributed by atoms with E-state index in [0.29, 0.717) is 12.5 Å². The number of hydrogen-bond donors (Lipinski definition) is 0. The fraction of sp³-hybridized carbons (Fsp3) is 0.579. The van der Waals surface area contributed by atoms with Gasteiger partial charge in [-0.3, -0.25) is 4.90 Å². The third kappa shape index (κ3) is 4.51. The van der Waals surface area contributed by atoms with Gasteiger partial charge in [0.05, 0.1) is 18.8 Å². The lowest BCUT2D eigenvalue weighted by Crippen LogP contribution is -2.46. The van der Waals surface area contributed by atoms with Gasteiger partial charge in [0.2, 0.25) is 0 Å². The molecule has 1 aromatic carbocycles. The van der Waals surface area contributed by atoms with Crippen molar-refractivity contribution in [3.05, 3.63) is 36.4 Å². The Hall–Kier alpha value is -2.08. The van der Waals surface area contributed by atoms with E-state index in [1.54, 1.807) is 6.33 Å². The van der Waals surface area contributed by atoms with Crippen LogP contribution < -0.4 is 9.64 Å². The van der Waals surface area contributed by atoms with Crippen molar-refractivity contribution in [2.45, 2.75) is 33.9 Å². The predicted octanol–water partition coefficient (Wildman–Crippen LogP) is 2.66. The van der Waals surface area contributed by atoms with Crippen LogP contribution in [0.15, 0.2) is 30.6 Å². The van der Waals surface area contributed by atoms with Crippen molar-refractivity contribution in [3.8, 4) is 5.75 Å². The average Bonchev–Trinajstić information content (AvgIpc) is 3.03. The minimum absolute atomic E-state index is 0.576. The third-order valence-corrected chi connectivity index (χ3v) is 4.48. The molecular weight excluding hydrogens is 314 g/mol. The molecule has 0 bridgehead atoms. The number of hydrogen-bond acceptors (Lipinski definition) is 5. The SMILES string of the molecule is CCOc1ccccc1N1CCN(Cc2ncnn2CC(C)C)CC1. The molecule has 0 radical (unpaired) electrons. The average molecular weight is 343 g/mol. The molecule has 6 nitrogen and oxygen atoms in total. The zero-order valence-electron chi connectivity index (χ0n) is 15.6. The maximum atomic E-state index is 5.78. The summed E-state index contributed by atoms with van der Waals surface area (Å²) in [5, 5.41) is 4.37. The van der Waals surface area contributed by atoms with Crippen molar-refractivity contribution >= 4 is 5.69 Å². The summed E-state index contributed by atoms with van der Waals surface area (Å²) in [4.78, 5) is 9.33. The second-order valence-corrected chi connectivity index (χ2v) is 6.92. The molecule has 1 fully saturated rings. The number of rotatable bonds is 7. The van der Waals surface area contributed by atoms with Crippen molar-refractivity contribution < 1.29 is 4.74 Å². The highest BCUT2D eigenvalue weighted by Gasteiger charge is 2.21. The molecule has 136 valence electrons. The van der Waals surface area contributed by atoms with Gasteiger partial charge in [-0.25, -0.2) is 9.67 Å². The summed E-state index contributed by atoms with van der Waals surface area (Å²) in [6, 6.07) is 8.32. The van der Waals surface area contributed by atoms with Gasteiger partial charge in [-0.05, 0) is 25.0 Å². The number of ether oxygens (including phenoxy) is 1. The summed E-state index contributed by atoms with van der Waals surface area (Å²) >= 11 is 0. The zero-order chi connectivity index (χ0) is 17.6. The number of benzene rings is 1. The normalized spacial score (nSPS) is 15.8. The topological polar surface area (TPSA) is 46.4 Å². The van der Waals surface area contributed by atoms with Gasteiger partial charge in [0.1, 0.15) is 17.9 Å². The maximum Gasteiger partial charge on any atom is 0.142 e. The zero-order valence-corrected chi connectivity index (χ0v) is 15.6. The number of para-hydroxylation sites is 2. The summed E-state index contributed by atoms with van der Waals surface area (Å²) < 4.78 is 7.82. The van der Waals surface area contributed by atoms with Crippen molar-refractivity contribution in [1.82, 2.24) is 19.7 Å². The summed E-state index contributed by atoms with van der Waals surface area (Å²) in [6.07, 6.45) is 1.67. The van der Waals surface area contributed by atoms with E-state index in [4.69, 9.17) is 4.74 Å². The van der Waals surface area contributed by atoms with E-state index in [0.717, 1.165) is 50.8 Å². The first kappa shape index (κ1) is 17.7. The molecule has 25 heavy (non-hydrogen) atoms. The van der Waals surface area contributed by atoms with E-state index in [9.17, 15) is 0 Å². The molecule has 0 aliphatic carbocycles. The van der Waals surface area contributed by atoms with Crippen LogP contribution in [0.3, 0.4) is 0 Å². The molecule has 3 rings (SSSR count). The van der Waals surface area contributed by atoms with Gasteiger partial charge >= 0.3 is 0 Å². The monoisotopic (exact) mass is 343 g/mol. The number of aromatic nitrogens is 3. The van der Waals surface area contributed by atoms with Crippen LogP contribution in [-0.2, 0) is 13.1 Å². The van der Waals surface area contributed by atoms with Crippen LogP contribution >= 0.6 is 0 Å². The standard InChI is InChI=1S/C19H29N5O/c1-4-25-18-8-6-5-7-17(18)23-11-9-22(10-12-23)14-19-20-15-21-24(19)13-16(2)3/h5-8,15-16H,4,9-14H2,1-3H3. The maximum absolute atomic E-state index is 5.78. The molecule has 1 aliphatic heterocycles. The van der Waals surface area contributed by atoms with Gasteiger partial charge in [0.15, 0.2) is 0 Å². The lowest BCUT2D eigenvalue weighted by atomic mass is 10.2. The molecule has 1 aromatic heterocycles.